The maximum atomic E-state index is 9.79. The van der Waals surface area contributed by atoms with Gasteiger partial charge in [-0.2, -0.15) is 0 Å². The van der Waals surface area contributed by atoms with E-state index in [0.29, 0.717) is 6.61 Å². The first-order valence-electron chi connectivity index (χ1n) is 6.66. The molecule has 0 aromatic heterocycles. The largest absolute Gasteiger partial charge is 0.497 e. The van der Waals surface area contributed by atoms with E-state index in [1.54, 1.807) is 7.11 Å². The molecular weight excluding hydrogens is 242 g/mol. The van der Waals surface area contributed by atoms with Gasteiger partial charge < -0.3 is 19.9 Å². The number of nitrogens with one attached hydrogen (secondary N) is 1. The van der Waals surface area contributed by atoms with E-state index in [0.717, 1.165) is 24.3 Å². The Morgan fingerprint density at radius 3 is 2.53 bits per heavy atom. The molecule has 19 heavy (non-hydrogen) atoms. The van der Waals surface area contributed by atoms with Gasteiger partial charge in [-0.3, -0.25) is 0 Å². The molecule has 1 heterocycles. The molecule has 1 saturated heterocycles. The molecule has 0 radical (unpaired) electrons. The van der Waals surface area contributed by atoms with Crippen LogP contribution in [0.5, 0.6) is 5.75 Å². The lowest BCUT2D eigenvalue weighted by atomic mass is 9.81. The van der Waals surface area contributed by atoms with Crippen LogP contribution in [0.3, 0.4) is 0 Å². The minimum Gasteiger partial charge on any atom is -0.497 e. The number of aliphatic hydroxyl groups excluding tert-OH is 1. The second-order valence-electron chi connectivity index (χ2n) is 5.83. The predicted molar refractivity (Wildman–Crippen MR) is 75.7 cm³/mol. The highest BCUT2D eigenvalue weighted by Gasteiger charge is 2.40. The van der Waals surface area contributed by atoms with Crippen molar-refractivity contribution in [1.82, 2.24) is 0 Å². The van der Waals surface area contributed by atoms with Crippen LogP contribution < -0.4 is 10.1 Å². The number of rotatable bonds is 4. The first-order chi connectivity index (χ1) is 8.99. The predicted octanol–water partition coefficient (Wildman–Crippen LogP) is 2.43. The zero-order chi connectivity index (χ0) is 13.9. The van der Waals surface area contributed by atoms with Crippen molar-refractivity contribution in [1.29, 1.82) is 0 Å². The lowest BCUT2D eigenvalue weighted by Crippen LogP contribution is -2.53. The lowest BCUT2D eigenvalue weighted by Gasteiger charge is -2.44. The third-order valence-corrected chi connectivity index (χ3v) is 3.64. The number of benzene rings is 1. The molecule has 4 nitrogen and oxygen atoms in total. The minimum absolute atomic E-state index is 0.103. The van der Waals surface area contributed by atoms with E-state index < -0.39 is 0 Å². The van der Waals surface area contributed by atoms with Gasteiger partial charge in [-0.05, 0) is 44.5 Å². The molecule has 1 aromatic carbocycles. The molecule has 106 valence electrons. The maximum absolute atomic E-state index is 9.79. The maximum Gasteiger partial charge on any atom is 0.119 e. The Hall–Kier alpha value is -1.26. The molecule has 0 bridgehead atoms. The zero-order valence-electron chi connectivity index (χ0n) is 11.9. The van der Waals surface area contributed by atoms with Gasteiger partial charge in [0, 0.05) is 18.7 Å². The SMILES string of the molecule is COc1ccc(NC2(CO)CCOC(C)(C)C2)cc1. The fourth-order valence-electron chi connectivity index (χ4n) is 2.74. The Labute approximate surface area is 114 Å². The summed E-state index contributed by atoms with van der Waals surface area (Å²) in [6.45, 7) is 4.89. The van der Waals surface area contributed by atoms with Gasteiger partial charge in [-0.15, -0.1) is 0 Å². The van der Waals surface area contributed by atoms with E-state index in [2.05, 4.69) is 19.2 Å². The molecule has 2 N–H and O–H groups in total. The molecule has 1 aliphatic heterocycles. The number of hydrogen-bond acceptors (Lipinski definition) is 4. The molecule has 0 amide bonds. The molecule has 1 aromatic rings. The second-order valence-corrected chi connectivity index (χ2v) is 5.83. The zero-order valence-corrected chi connectivity index (χ0v) is 11.9. The van der Waals surface area contributed by atoms with E-state index >= 15 is 0 Å². The highest BCUT2D eigenvalue weighted by Crippen LogP contribution is 2.34. The van der Waals surface area contributed by atoms with Crippen molar-refractivity contribution in [2.75, 3.05) is 25.6 Å². The summed E-state index contributed by atoms with van der Waals surface area (Å²) in [4.78, 5) is 0. The molecule has 1 unspecified atom stereocenters. The molecular formula is C15H23NO3. The summed E-state index contributed by atoms with van der Waals surface area (Å²) in [6.07, 6.45) is 1.58. The Balaban J connectivity index is 2.13. The molecule has 1 aliphatic rings. The van der Waals surface area contributed by atoms with E-state index in [9.17, 15) is 5.11 Å². The summed E-state index contributed by atoms with van der Waals surface area (Å²) in [7, 11) is 1.65. The monoisotopic (exact) mass is 265 g/mol. The van der Waals surface area contributed by atoms with Crippen molar-refractivity contribution >= 4 is 5.69 Å². The highest BCUT2D eigenvalue weighted by molar-refractivity contribution is 5.48. The Morgan fingerprint density at radius 2 is 2.00 bits per heavy atom. The lowest BCUT2D eigenvalue weighted by molar-refractivity contribution is -0.0838. The number of hydrogen-bond donors (Lipinski definition) is 2. The summed E-state index contributed by atoms with van der Waals surface area (Å²) < 4.78 is 10.9. The van der Waals surface area contributed by atoms with Crippen LogP contribution >= 0.6 is 0 Å². The fourth-order valence-corrected chi connectivity index (χ4v) is 2.74. The molecule has 4 heteroatoms. The van der Waals surface area contributed by atoms with Crippen molar-refractivity contribution in [3.8, 4) is 5.75 Å². The topological polar surface area (TPSA) is 50.7 Å². The molecule has 1 fully saturated rings. The summed E-state index contributed by atoms with van der Waals surface area (Å²) in [5.41, 5.74) is 0.476. The molecule has 2 rings (SSSR count). The van der Waals surface area contributed by atoms with Crippen LogP contribution in [0.4, 0.5) is 5.69 Å². The quantitative estimate of drug-likeness (QED) is 0.878. The van der Waals surface area contributed by atoms with Gasteiger partial charge in [-0.25, -0.2) is 0 Å². The molecule has 1 atom stereocenters. The van der Waals surface area contributed by atoms with E-state index in [-0.39, 0.29) is 17.7 Å². The summed E-state index contributed by atoms with van der Waals surface area (Å²) in [5.74, 6) is 0.830. The van der Waals surface area contributed by atoms with E-state index in [1.165, 1.54) is 0 Å². The third-order valence-electron chi connectivity index (χ3n) is 3.64. The smallest absolute Gasteiger partial charge is 0.119 e. The average Bonchev–Trinajstić information content (AvgIpc) is 2.38. The fraction of sp³-hybridized carbons (Fsp3) is 0.600. The van der Waals surface area contributed by atoms with Crippen LogP contribution in [-0.2, 0) is 4.74 Å². The van der Waals surface area contributed by atoms with E-state index in [1.807, 2.05) is 24.3 Å². The van der Waals surface area contributed by atoms with Crippen LogP contribution in [0.1, 0.15) is 26.7 Å². The van der Waals surface area contributed by atoms with Crippen LogP contribution in [0, 0.1) is 0 Å². The summed E-state index contributed by atoms with van der Waals surface area (Å²) in [6, 6.07) is 7.77. The van der Waals surface area contributed by atoms with Crippen molar-refractivity contribution in [2.45, 2.75) is 37.8 Å². The van der Waals surface area contributed by atoms with Gasteiger partial charge in [0.2, 0.25) is 0 Å². The first-order valence-corrected chi connectivity index (χ1v) is 6.66. The molecule has 0 saturated carbocycles. The van der Waals surface area contributed by atoms with Gasteiger partial charge in [-0.1, -0.05) is 0 Å². The number of anilines is 1. The Morgan fingerprint density at radius 1 is 1.32 bits per heavy atom. The van der Waals surface area contributed by atoms with Crippen LogP contribution in [-0.4, -0.2) is 36.6 Å². The van der Waals surface area contributed by atoms with Gasteiger partial charge in [0.25, 0.3) is 0 Å². The van der Waals surface area contributed by atoms with Crippen molar-refractivity contribution in [3.63, 3.8) is 0 Å². The van der Waals surface area contributed by atoms with Crippen molar-refractivity contribution in [2.24, 2.45) is 0 Å². The van der Waals surface area contributed by atoms with Gasteiger partial charge in [0.15, 0.2) is 0 Å². The molecule has 0 spiro atoms. The van der Waals surface area contributed by atoms with Gasteiger partial charge in [0.1, 0.15) is 5.75 Å². The van der Waals surface area contributed by atoms with Crippen LogP contribution in [0.15, 0.2) is 24.3 Å². The van der Waals surface area contributed by atoms with E-state index in [4.69, 9.17) is 9.47 Å². The van der Waals surface area contributed by atoms with Crippen LogP contribution in [0.2, 0.25) is 0 Å². The first kappa shape index (κ1) is 14.2. The average molecular weight is 265 g/mol. The Kier molecular flexibility index (Phi) is 4.02. The van der Waals surface area contributed by atoms with Gasteiger partial charge >= 0.3 is 0 Å². The van der Waals surface area contributed by atoms with Crippen molar-refractivity contribution in [3.05, 3.63) is 24.3 Å². The Bertz CT molecular complexity index is 416. The van der Waals surface area contributed by atoms with Crippen LogP contribution in [0.25, 0.3) is 0 Å². The third kappa shape index (κ3) is 3.39. The standard InChI is InChI=1S/C15H23NO3/c1-14(2)10-15(11-17,8-9-19-14)16-12-4-6-13(18-3)7-5-12/h4-7,16-17H,8-11H2,1-3H3. The summed E-state index contributed by atoms with van der Waals surface area (Å²) in [5, 5.41) is 13.3. The minimum atomic E-state index is -0.309. The van der Waals surface area contributed by atoms with Crippen molar-refractivity contribution < 1.29 is 14.6 Å². The number of methoxy groups -OCH3 is 1. The normalized spacial score (nSPS) is 25.9. The molecule has 0 aliphatic carbocycles. The second kappa shape index (κ2) is 5.39. The number of aliphatic hydroxyl groups is 1. The summed E-state index contributed by atoms with van der Waals surface area (Å²) >= 11 is 0. The highest BCUT2D eigenvalue weighted by atomic mass is 16.5. The number of ether oxygens (including phenoxy) is 2. The van der Waals surface area contributed by atoms with Gasteiger partial charge in [0.05, 0.1) is 24.9 Å².